The van der Waals surface area contributed by atoms with Gasteiger partial charge in [0.15, 0.2) is 18.2 Å². The molecule has 3 aromatic rings. The molecule has 0 fully saturated rings. The zero-order valence-corrected chi connectivity index (χ0v) is 15.8. The van der Waals surface area contributed by atoms with Gasteiger partial charge in [0.1, 0.15) is 11.5 Å². The summed E-state index contributed by atoms with van der Waals surface area (Å²) in [6, 6.07) is 13.1. The van der Waals surface area contributed by atoms with E-state index in [4.69, 9.17) is 25.6 Å². The molecule has 0 aliphatic heterocycles. The Labute approximate surface area is 166 Å². The second-order valence-electron chi connectivity index (χ2n) is 5.90. The summed E-state index contributed by atoms with van der Waals surface area (Å²) in [7, 11) is 0. The summed E-state index contributed by atoms with van der Waals surface area (Å²) in [6.45, 7) is 1.87. The number of esters is 1. The smallest absolute Gasteiger partial charge is 0.311 e. The highest BCUT2D eigenvalue weighted by Gasteiger charge is 2.11. The van der Waals surface area contributed by atoms with Crippen LogP contribution < -0.4 is 9.47 Å². The van der Waals surface area contributed by atoms with Gasteiger partial charge in [0.2, 0.25) is 0 Å². The van der Waals surface area contributed by atoms with Gasteiger partial charge in [-0.3, -0.25) is 9.59 Å². The van der Waals surface area contributed by atoms with Crippen molar-refractivity contribution < 1.29 is 23.6 Å². The van der Waals surface area contributed by atoms with Crippen molar-refractivity contribution in [2.24, 2.45) is 0 Å². The van der Waals surface area contributed by atoms with Crippen molar-refractivity contribution in [3.05, 3.63) is 70.8 Å². The quantitative estimate of drug-likeness (QED) is 0.318. The van der Waals surface area contributed by atoms with E-state index in [0.717, 1.165) is 0 Å². The summed E-state index contributed by atoms with van der Waals surface area (Å²) in [5.41, 5.74) is 0.509. The summed E-state index contributed by atoms with van der Waals surface area (Å²) >= 11 is 5.79. The normalized spacial score (nSPS) is 10.5. The molecule has 1 heterocycles. The van der Waals surface area contributed by atoms with Crippen LogP contribution in [0.25, 0.3) is 0 Å². The van der Waals surface area contributed by atoms with Crippen molar-refractivity contribution >= 4 is 23.4 Å². The third-order valence-corrected chi connectivity index (χ3v) is 3.96. The average Bonchev–Trinajstić information content (AvgIpc) is 3.11. The van der Waals surface area contributed by atoms with Crippen LogP contribution >= 0.6 is 11.6 Å². The fourth-order valence-corrected chi connectivity index (χ4v) is 2.45. The van der Waals surface area contributed by atoms with E-state index >= 15 is 0 Å². The molecule has 0 bridgehead atoms. The van der Waals surface area contributed by atoms with Gasteiger partial charge in [-0.25, -0.2) is 0 Å². The van der Waals surface area contributed by atoms with Crippen molar-refractivity contribution in [1.29, 1.82) is 0 Å². The molecular formula is C20H17ClN2O5. The Morgan fingerprint density at radius 1 is 1.00 bits per heavy atom. The molecule has 0 N–H and O–H groups in total. The maximum Gasteiger partial charge on any atom is 0.311 e. The van der Waals surface area contributed by atoms with Crippen molar-refractivity contribution in [2.75, 3.05) is 0 Å². The van der Waals surface area contributed by atoms with Crippen LogP contribution in [0.4, 0.5) is 0 Å². The summed E-state index contributed by atoms with van der Waals surface area (Å²) in [4.78, 5) is 28.0. The molecule has 8 heteroatoms. The first-order chi connectivity index (χ1) is 13.5. The molecule has 0 unspecified atom stereocenters. The first kappa shape index (κ1) is 19.6. The predicted molar refractivity (Wildman–Crippen MR) is 100 cm³/mol. The zero-order chi connectivity index (χ0) is 19.9. The molecule has 144 valence electrons. The minimum atomic E-state index is -0.489. The van der Waals surface area contributed by atoms with Gasteiger partial charge in [-0.15, -0.1) is 0 Å². The Balaban J connectivity index is 1.44. The lowest BCUT2D eigenvalue weighted by Crippen LogP contribution is -2.10. The number of hydrogen-bond donors (Lipinski definition) is 0. The third kappa shape index (κ3) is 5.65. The van der Waals surface area contributed by atoms with E-state index in [1.165, 1.54) is 0 Å². The minimum absolute atomic E-state index is 0.0176. The monoisotopic (exact) mass is 400 g/mol. The minimum Gasteiger partial charge on any atom is -0.484 e. The molecule has 0 spiro atoms. The van der Waals surface area contributed by atoms with E-state index in [0.29, 0.717) is 33.8 Å². The number of nitrogens with zero attached hydrogens (tertiary/aromatic N) is 2. The molecule has 3 rings (SSSR count). The molecule has 2 aromatic carbocycles. The number of rotatable bonds is 8. The topological polar surface area (TPSA) is 91.5 Å². The Morgan fingerprint density at radius 2 is 1.68 bits per heavy atom. The van der Waals surface area contributed by atoms with Gasteiger partial charge in [0.05, 0.1) is 6.42 Å². The van der Waals surface area contributed by atoms with Crippen LogP contribution in [0, 0.1) is 6.92 Å². The molecule has 1 aromatic heterocycles. The largest absolute Gasteiger partial charge is 0.484 e. The van der Waals surface area contributed by atoms with Gasteiger partial charge < -0.3 is 14.0 Å². The number of Topliss-reactive ketones (excluding diaryl/α,β-unsaturated/α-hetero) is 1. The number of hydrogen-bond acceptors (Lipinski definition) is 7. The molecule has 0 atom stereocenters. The lowest BCUT2D eigenvalue weighted by atomic mass is 10.1. The van der Waals surface area contributed by atoms with E-state index in [-0.39, 0.29) is 25.2 Å². The molecule has 0 saturated carbocycles. The lowest BCUT2D eigenvalue weighted by Gasteiger charge is -2.06. The van der Waals surface area contributed by atoms with Crippen LogP contribution in [-0.4, -0.2) is 21.9 Å². The second kappa shape index (κ2) is 9.14. The van der Waals surface area contributed by atoms with E-state index in [9.17, 15) is 9.59 Å². The Hall–Kier alpha value is -3.19. The highest BCUT2D eigenvalue weighted by molar-refractivity contribution is 6.30. The summed E-state index contributed by atoms with van der Waals surface area (Å²) in [5.74, 6) is 1.21. The number of carbonyl (C=O) groups excluding carboxylic acids is 2. The summed E-state index contributed by atoms with van der Waals surface area (Å²) < 4.78 is 15.7. The zero-order valence-electron chi connectivity index (χ0n) is 15.1. The molecule has 0 saturated heterocycles. The average molecular weight is 401 g/mol. The van der Waals surface area contributed by atoms with Crippen molar-refractivity contribution in [1.82, 2.24) is 10.1 Å². The third-order valence-electron chi connectivity index (χ3n) is 3.71. The fraction of sp³-hybridized carbons (Fsp3) is 0.200. The van der Waals surface area contributed by atoms with Crippen molar-refractivity contribution in [3.8, 4) is 11.5 Å². The predicted octanol–water partition coefficient (Wildman–Crippen LogP) is 4.18. The highest BCUT2D eigenvalue weighted by atomic mass is 35.5. The lowest BCUT2D eigenvalue weighted by molar-refractivity contribution is -0.134. The first-order valence-corrected chi connectivity index (χ1v) is 8.89. The second-order valence-corrected chi connectivity index (χ2v) is 6.34. The standard InChI is InChI=1S/C20H17ClN2O5/c1-13-22-19(28-23-13)12-26-16-6-8-17(9-7-16)27-20(25)11-10-18(24)14-2-4-15(21)5-3-14/h2-9H,10-12H2,1H3. The van der Waals surface area contributed by atoms with Crippen LogP contribution in [0.5, 0.6) is 11.5 Å². The number of aromatic nitrogens is 2. The number of halogens is 1. The van der Waals surface area contributed by atoms with Gasteiger partial charge >= 0.3 is 5.97 Å². The van der Waals surface area contributed by atoms with Gasteiger partial charge in [0.25, 0.3) is 5.89 Å². The van der Waals surface area contributed by atoms with E-state index in [1.807, 2.05) is 0 Å². The maximum absolute atomic E-state index is 12.1. The number of aryl methyl sites for hydroxylation is 1. The Kier molecular flexibility index (Phi) is 6.39. The molecule has 7 nitrogen and oxygen atoms in total. The Morgan fingerprint density at radius 3 is 2.32 bits per heavy atom. The first-order valence-electron chi connectivity index (χ1n) is 8.51. The maximum atomic E-state index is 12.1. The molecule has 0 amide bonds. The molecule has 28 heavy (non-hydrogen) atoms. The van der Waals surface area contributed by atoms with Crippen LogP contribution in [0.3, 0.4) is 0 Å². The number of carbonyl (C=O) groups is 2. The van der Waals surface area contributed by atoms with Gasteiger partial charge in [-0.05, 0) is 55.5 Å². The van der Waals surface area contributed by atoms with Gasteiger partial charge in [-0.2, -0.15) is 4.98 Å². The summed E-state index contributed by atoms with van der Waals surface area (Å²) in [6.07, 6.45) is 0.0431. The molecule has 0 aliphatic rings. The molecular weight excluding hydrogens is 384 g/mol. The van der Waals surface area contributed by atoms with E-state index in [2.05, 4.69) is 10.1 Å². The SMILES string of the molecule is Cc1noc(COc2ccc(OC(=O)CCC(=O)c3ccc(Cl)cc3)cc2)n1. The van der Waals surface area contributed by atoms with E-state index < -0.39 is 5.97 Å². The van der Waals surface area contributed by atoms with Crippen molar-refractivity contribution in [2.45, 2.75) is 26.4 Å². The van der Waals surface area contributed by atoms with Gasteiger partial charge in [-0.1, -0.05) is 16.8 Å². The number of ketones is 1. The van der Waals surface area contributed by atoms with Gasteiger partial charge in [0, 0.05) is 17.0 Å². The van der Waals surface area contributed by atoms with Crippen molar-refractivity contribution in [3.63, 3.8) is 0 Å². The Bertz CT molecular complexity index is 951. The van der Waals surface area contributed by atoms with Crippen LogP contribution in [0.2, 0.25) is 5.02 Å². The number of ether oxygens (including phenoxy) is 2. The molecule has 0 radical (unpaired) electrons. The number of benzene rings is 2. The van der Waals surface area contributed by atoms with Crippen LogP contribution in [0.1, 0.15) is 34.9 Å². The molecule has 0 aliphatic carbocycles. The fourth-order valence-electron chi connectivity index (χ4n) is 2.33. The van der Waals surface area contributed by atoms with Crippen LogP contribution in [0.15, 0.2) is 53.1 Å². The van der Waals surface area contributed by atoms with Crippen LogP contribution in [-0.2, 0) is 11.4 Å². The highest BCUT2D eigenvalue weighted by Crippen LogP contribution is 2.19. The van der Waals surface area contributed by atoms with E-state index in [1.54, 1.807) is 55.5 Å². The summed E-state index contributed by atoms with van der Waals surface area (Å²) in [5, 5.41) is 4.23.